The molecule has 0 atom stereocenters. The maximum Gasteiger partial charge on any atom is 0.0558 e. The van der Waals surface area contributed by atoms with E-state index < -0.39 is 0 Å². The molecule has 0 fully saturated rings. The Labute approximate surface area is 120 Å². The van der Waals surface area contributed by atoms with Crippen molar-refractivity contribution in [3.8, 4) is 0 Å². The van der Waals surface area contributed by atoms with Gasteiger partial charge in [-0.05, 0) is 44.2 Å². The number of nitrogens with one attached hydrogen (secondary N) is 1. The molecule has 0 bridgehead atoms. The first-order valence-corrected chi connectivity index (χ1v) is 8.21. The molecule has 0 saturated heterocycles. The van der Waals surface area contributed by atoms with Crippen LogP contribution in [0.3, 0.4) is 0 Å². The molecule has 0 rings (SSSR count). The van der Waals surface area contributed by atoms with E-state index in [4.69, 9.17) is 0 Å². The maximum absolute atomic E-state index is 9.24. The summed E-state index contributed by atoms with van der Waals surface area (Å²) in [5.41, 5.74) is 0.359. The van der Waals surface area contributed by atoms with Crippen molar-refractivity contribution in [2.24, 2.45) is 5.41 Å². The summed E-state index contributed by atoms with van der Waals surface area (Å²) in [5, 5.41) is 12.8. The zero-order valence-corrected chi connectivity index (χ0v) is 13.7. The van der Waals surface area contributed by atoms with Crippen LogP contribution in [0.15, 0.2) is 0 Å². The van der Waals surface area contributed by atoms with Crippen molar-refractivity contribution in [2.75, 3.05) is 39.3 Å². The Morgan fingerprint density at radius 2 is 1.68 bits per heavy atom. The minimum absolute atomic E-state index is 0.273. The Hall–Kier alpha value is -0.120. The third kappa shape index (κ3) is 7.91. The molecule has 0 amide bonds. The number of aliphatic hydroxyl groups excluding tert-OH is 1. The van der Waals surface area contributed by atoms with Gasteiger partial charge in [0.05, 0.1) is 6.61 Å². The fourth-order valence-corrected chi connectivity index (χ4v) is 2.58. The van der Waals surface area contributed by atoms with Crippen LogP contribution in [0.1, 0.15) is 59.8 Å². The van der Waals surface area contributed by atoms with Crippen molar-refractivity contribution in [2.45, 2.75) is 59.8 Å². The Morgan fingerprint density at radius 3 is 2.16 bits per heavy atom. The van der Waals surface area contributed by atoms with E-state index in [0.29, 0.717) is 5.41 Å². The molecular formula is C16H36N2O. The van der Waals surface area contributed by atoms with Crippen molar-refractivity contribution in [1.82, 2.24) is 10.2 Å². The van der Waals surface area contributed by atoms with Gasteiger partial charge in [-0.2, -0.15) is 0 Å². The summed E-state index contributed by atoms with van der Waals surface area (Å²) in [6.45, 7) is 14.6. The second-order valence-corrected chi connectivity index (χ2v) is 5.74. The van der Waals surface area contributed by atoms with E-state index in [0.717, 1.165) is 32.7 Å². The first kappa shape index (κ1) is 18.9. The van der Waals surface area contributed by atoms with Gasteiger partial charge in [0.15, 0.2) is 0 Å². The van der Waals surface area contributed by atoms with E-state index in [1.807, 2.05) is 0 Å². The zero-order chi connectivity index (χ0) is 14.6. The molecule has 0 aliphatic heterocycles. The minimum Gasteiger partial charge on any atom is -0.395 e. The molecule has 0 spiro atoms. The number of hydrogen-bond donors (Lipinski definition) is 2. The van der Waals surface area contributed by atoms with Gasteiger partial charge in [-0.1, -0.05) is 34.1 Å². The standard InChI is InChI=1S/C16H36N2O/c1-5-9-11-18(12-13-19)15-16(7-3,8-4)14-17-10-6-2/h17,19H,5-15H2,1-4H3. The topological polar surface area (TPSA) is 35.5 Å². The van der Waals surface area contributed by atoms with Crippen LogP contribution in [0.5, 0.6) is 0 Å². The van der Waals surface area contributed by atoms with Crippen molar-refractivity contribution in [3.05, 3.63) is 0 Å². The number of hydrogen-bond acceptors (Lipinski definition) is 3. The number of unbranched alkanes of at least 4 members (excludes halogenated alkanes) is 1. The molecule has 0 aromatic carbocycles. The van der Waals surface area contributed by atoms with Crippen LogP contribution < -0.4 is 5.32 Å². The fourth-order valence-electron chi connectivity index (χ4n) is 2.58. The molecule has 0 heterocycles. The lowest BCUT2D eigenvalue weighted by Crippen LogP contribution is -2.45. The lowest BCUT2D eigenvalue weighted by Gasteiger charge is -2.37. The molecule has 3 nitrogen and oxygen atoms in total. The fraction of sp³-hybridized carbons (Fsp3) is 1.00. The summed E-state index contributed by atoms with van der Waals surface area (Å²) in [6.07, 6.45) is 6.05. The van der Waals surface area contributed by atoms with Crippen molar-refractivity contribution < 1.29 is 5.11 Å². The van der Waals surface area contributed by atoms with Crippen LogP contribution in [-0.2, 0) is 0 Å². The van der Waals surface area contributed by atoms with E-state index in [1.54, 1.807) is 0 Å². The lowest BCUT2D eigenvalue weighted by molar-refractivity contribution is 0.112. The largest absolute Gasteiger partial charge is 0.395 e. The van der Waals surface area contributed by atoms with Gasteiger partial charge in [-0.15, -0.1) is 0 Å². The van der Waals surface area contributed by atoms with Crippen molar-refractivity contribution in [3.63, 3.8) is 0 Å². The van der Waals surface area contributed by atoms with E-state index in [-0.39, 0.29) is 6.61 Å². The van der Waals surface area contributed by atoms with E-state index in [2.05, 4.69) is 37.9 Å². The molecule has 0 aromatic heterocycles. The molecular weight excluding hydrogens is 236 g/mol. The van der Waals surface area contributed by atoms with Gasteiger partial charge < -0.3 is 15.3 Å². The summed E-state index contributed by atoms with van der Waals surface area (Å²) in [4.78, 5) is 2.45. The van der Waals surface area contributed by atoms with Gasteiger partial charge in [0.2, 0.25) is 0 Å². The normalized spacial score (nSPS) is 12.3. The maximum atomic E-state index is 9.24. The highest BCUT2D eigenvalue weighted by Crippen LogP contribution is 2.27. The lowest BCUT2D eigenvalue weighted by atomic mass is 9.81. The average molecular weight is 272 g/mol. The second-order valence-electron chi connectivity index (χ2n) is 5.74. The van der Waals surface area contributed by atoms with Crippen molar-refractivity contribution in [1.29, 1.82) is 0 Å². The van der Waals surface area contributed by atoms with Crippen LogP contribution in [0.4, 0.5) is 0 Å². The summed E-state index contributed by atoms with van der Waals surface area (Å²) < 4.78 is 0. The highest BCUT2D eigenvalue weighted by Gasteiger charge is 2.28. The molecule has 0 aliphatic carbocycles. The minimum atomic E-state index is 0.273. The molecule has 2 N–H and O–H groups in total. The Kier molecular flexibility index (Phi) is 11.6. The molecule has 116 valence electrons. The Balaban J connectivity index is 4.46. The molecule has 0 saturated carbocycles. The van der Waals surface area contributed by atoms with Gasteiger partial charge in [0.1, 0.15) is 0 Å². The molecule has 19 heavy (non-hydrogen) atoms. The zero-order valence-electron chi connectivity index (χ0n) is 13.7. The summed E-state index contributed by atoms with van der Waals surface area (Å²) in [6, 6.07) is 0. The molecule has 0 aromatic rings. The smallest absolute Gasteiger partial charge is 0.0558 e. The predicted octanol–water partition coefficient (Wildman–Crippen LogP) is 2.89. The Morgan fingerprint density at radius 1 is 1.00 bits per heavy atom. The molecule has 0 radical (unpaired) electrons. The predicted molar refractivity (Wildman–Crippen MR) is 84.6 cm³/mol. The van der Waals surface area contributed by atoms with E-state index in [9.17, 15) is 5.11 Å². The molecule has 3 heteroatoms. The summed E-state index contributed by atoms with van der Waals surface area (Å²) in [5.74, 6) is 0. The van der Waals surface area contributed by atoms with Gasteiger partial charge in [0.25, 0.3) is 0 Å². The number of aliphatic hydroxyl groups is 1. The van der Waals surface area contributed by atoms with Crippen LogP contribution in [0.2, 0.25) is 0 Å². The van der Waals surface area contributed by atoms with Gasteiger partial charge in [-0.3, -0.25) is 0 Å². The molecule has 0 unspecified atom stereocenters. The monoisotopic (exact) mass is 272 g/mol. The first-order valence-electron chi connectivity index (χ1n) is 8.21. The van der Waals surface area contributed by atoms with E-state index >= 15 is 0 Å². The quantitative estimate of drug-likeness (QED) is 0.506. The van der Waals surface area contributed by atoms with Gasteiger partial charge >= 0.3 is 0 Å². The SMILES string of the molecule is CCCCN(CCO)CC(CC)(CC)CNCCC. The highest BCUT2D eigenvalue weighted by atomic mass is 16.3. The number of nitrogens with zero attached hydrogens (tertiary/aromatic N) is 1. The second kappa shape index (κ2) is 11.7. The van der Waals surface area contributed by atoms with E-state index in [1.165, 1.54) is 32.1 Å². The van der Waals surface area contributed by atoms with Gasteiger partial charge in [0, 0.05) is 19.6 Å². The van der Waals surface area contributed by atoms with Crippen LogP contribution in [-0.4, -0.2) is 49.3 Å². The van der Waals surface area contributed by atoms with Crippen LogP contribution in [0, 0.1) is 5.41 Å². The average Bonchev–Trinajstić information content (AvgIpc) is 2.44. The van der Waals surface area contributed by atoms with Crippen molar-refractivity contribution >= 4 is 0 Å². The summed E-state index contributed by atoms with van der Waals surface area (Å²) in [7, 11) is 0. The first-order chi connectivity index (χ1) is 9.17. The third-order valence-corrected chi connectivity index (χ3v) is 4.23. The number of rotatable bonds is 13. The Bertz CT molecular complexity index is 193. The van der Waals surface area contributed by atoms with Crippen LogP contribution in [0.25, 0.3) is 0 Å². The summed E-state index contributed by atoms with van der Waals surface area (Å²) >= 11 is 0. The third-order valence-electron chi connectivity index (χ3n) is 4.23. The highest BCUT2D eigenvalue weighted by molar-refractivity contribution is 4.83. The van der Waals surface area contributed by atoms with Gasteiger partial charge in [-0.25, -0.2) is 0 Å². The van der Waals surface area contributed by atoms with Crippen LogP contribution >= 0.6 is 0 Å². The molecule has 0 aliphatic rings.